The number of methoxy groups -OCH3 is 2. The maximum Gasteiger partial charge on any atom is 0.358 e. The van der Waals surface area contributed by atoms with Gasteiger partial charge < -0.3 is 29.9 Å². The first-order valence-corrected chi connectivity index (χ1v) is 19.2. The number of hydrogen-bond donors (Lipinski definition) is 2. The third-order valence-electron chi connectivity index (χ3n) is 11.6. The average molecular weight is 797 g/mol. The summed E-state index contributed by atoms with van der Waals surface area (Å²) in [5.41, 5.74) is -3.32. The third-order valence-corrected chi connectivity index (χ3v) is 11.6. The van der Waals surface area contributed by atoms with E-state index in [0.717, 1.165) is 14.7 Å². The SMILES string of the molecule is COC(=O)C(c1ccccc1)(N1c2c(c(=O)n(C)c(=O)n2C)N(Cc2ccc(OC)cc2)C1N1CCNCC1)n1c(N2CCNCC2)nc2c1c(=O)n(C)c(=O)n2C. The minimum Gasteiger partial charge on any atom is -0.497 e. The molecule has 0 amide bonds. The topological polar surface area (TPSA) is 178 Å². The molecule has 2 aromatic carbocycles. The van der Waals surface area contributed by atoms with Gasteiger partial charge in [0.05, 0.1) is 14.2 Å². The number of nitrogens with zero attached hydrogens (tertiary/aromatic N) is 10. The van der Waals surface area contributed by atoms with Crippen molar-refractivity contribution in [1.82, 2.24) is 43.4 Å². The van der Waals surface area contributed by atoms with Crippen LogP contribution < -0.4 is 52.6 Å². The highest BCUT2D eigenvalue weighted by atomic mass is 16.5. The summed E-state index contributed by atoms with van der Waals surface area (Å²) in [5.74, 6) is 0.193. The first-order valence-electron chi connectivity index (χ1n) is 19.2. The van der Waals surface area contributed by atoms with Gasteiger partial charge in [0.25, 0.3) is 16.8 Å². The van der Waals surface area contributed by atoms with Crippen LogP contribution in [0, 0.1) is 0 Å². The lowest BCUT2D eigenvalue weighted by Gasteiger charge is -2.50. The van der Waals surface area contributed by atoms with Crippen molar-refractivity contribution in [3.63, 3.8) is 0 Å². The third kappa shape index (κ3) is 5.74. The molecule has 3 aromatic heterocycles. The Morgan fingerprint density at radius 2 is 1.38 bits per heavy atom. The Hall–Kier alpha value is -6.18. The molecule has 0 spiro atoms. The Kier molecular flexibility index (Phi) is 9.98. The van der Waals surface area contributed by atoms with Crippen molar-refractivity contribution >= 4 is 34.6 Å². The molecule has 0 bridgehead atoms. The molecule has 3 aliphatic rings. The van der Waals surface area contributed by atoms with Gasteiger partial charge in [0, 0.05) is 92.7 Å². The van der Waals surface area contributed by atoms with E-state index in [1.807, 2.05) is 40.1 Å². The van der Waals surface area contributed by atoms with Gasteiger partial charge in [-0.05, 0) is 17.7 Å². The number of piperazine rings is 2. The second-order valence-corrected chi connectivity index (χ2v) is 14.7. The molecule has 19 nitrogen and oxygen atoms in total. The fraction of sp³-hybridized carbons (Fsp3) is 0.436. The minimum absolute atomic E-state index is 0.0459. The maximum absolute atomic E-state index is 15.7. The van der Waals surface area contributed by atoms with Crippen LogP contribution in [0.15, 0.2) is 73.8 Å². The number of carbonyl (C=O) groups excluding carboxylic acids is 1. The molecular weight excluding hydrogens is 749 g/mol. The molecule has 3 aliphatic heterocycles. The van der Waals surface area contributed by atoms with E-state index in [4.69, 9.17) is 14.5 Å². The highest BCUT2D eigenvalue weighted by Gasteiger charge is 2.61. The highest BCUT2D eigenvalue weighted by Crippen LogP contribution is 2.49. The fourth-order valence-corrected chi connectivity index (χ4v) is 8.65. The zero-order valence-corrected chi connectivity index (χ0v) is 33.5. The zero-order chi connectivity index (χ0) is 41.0. The molecule has 8 rings (SSSR count). The van der Waals surface area contributed by atoms with Crippen LogP contribution in [0.3, 0.4) is 0 Å². The van der Waals surface area contributed by atoms with E-state index in [2.05, 4.69) is 15.5 Å². The molecule has 2 atom stereocenters. The van der Waals surface area contributed by atoms with Gasteiger partial charge in [-0.3, -0.25) is 42.2 Å². The molecular formula is C39H48N12O7. The molecule has 2 unspecified atom stereocenters. The molecule has 0 saturated carbocycles. The van der Waals surface area contributed by atoms with Crippen LogP contribution in [0.1, 0.15) is 11.1 Å². The number of aryl methyl sites for hydroxylation is 1. The largest absolute Gasteiger partial charge is 0.497 e. The van der Waals surface area contributed by atoms with Crippen LogP contribution in [0.2, 0.25) is 0 Å². The van der Waals surface area contributed by atoms with Crippen LogP contribution in [-0.2, 0) is 49.9 Å². The Bertz CT molecular complexity index is 2620. The van der Waals surface area contributed by atoms with E-state index >= 15 is 4.79 Å². The lowest BCUT2D eigenvalue weighted by atomic mass is 9.95. The van der Waals surface area contributed by atoms with Crippen molar-refractivity contribution in [2.75, 3.05) is 81.3 Å². The summed E-state index contributed by atoms with van der Waals surface area (Å²) >= 11 is 0. The Balaban J connectivity index is 1.58. The summed E-state index contributed by atoms with van der Waals surface area (Å²) in [6, 6.07) is 16.4. The number of esters is 1. The summed E-state index contributed by atoms with van der Waals surface area (Å²) in [6.45, 7) is 4.38. The molecule has 2 N–H and O–H groups in total. The van der Waals surface area contributed by atoms with Gasteiger partial charge in [-0.15, -0.1) is 0 Å². The molecule has 2 fully saturated rings. The van der Waals surface area contributed by atoms with Gasteiger partial charge in [0.2, 0.25) is 5.95 Å². The summed E-state index contributed by atoms with van der Waals surface area (Å²) in [5, 5.41) is 6.77. The summed E-state index contributed by atoms with van der Waals surface area (Å²) in [6.07, 6.45) is -0.941. The fourth-order valence-electron chi connectivity index (χ4n) is 8.65. The Labute approximate surface area is 332 Å². The predicted octanol–water partition coefficient (Wildman–Crippen LogP) is -1.16. The van der Waals surface area contributed by atoms with Crippen LogP contribution in [-0.4, -0.2) is 112 Å². The van der Waals surface area contributed by atoms with E-state index in [9.17, 15) is 19.2 Å². The molecule has 6 heterocycles. The number of hydrogen-bond acceptors (Lipinski definition) is 14. The lowest BCUT2D eigenvalue weighted by molar-refractivity contribution is -0.149. The van der Waals surface area contributed by atoms with E-state index in [0.29, 0.717) is 63.7 Å². The van der Waals surface area contributed by atoms with Crippen LogP contribution in [0.4, 0.5) is 17.5 Å². The van der Waals surface area contributed by atoms with Gasteiger partial charge >= 0.3 is 17.3 Å². The Morgan fingerprint density at radius 1 is 0.776 bits per heavy atom. The van der Waals surface area contributed by atoms with Crippen molar-refractivity contribution in [3.05, 3.63) is 107 Å². The summed E-state index contributed by atoms with van der Waals surface area (Å²) < 4.78 is 17.6. The van der Waals surface area contributed by atoms with E-state index in [1.165, 1.54) is 37.4 Å². The second kappa shape index (κ2) is 15.0. The molecule has 19 heteroatoms. The number of carbonyl (C=O) groups is 1. The summed E-state index contributed by atoms with van der Waals surface area (Å²) in [7, 11) is 8.77. The van der Waals surface area contributed by atoms with E-state index in [1.54, 1.807) is 47.9 Å². The van der Waals surface area contributed by atoms with Gasteiger partial charge in [-0.2, -0.15) is 4.98 Å². The standard InChI is InChI=1S/C39H48N12O7/c1-43-30-28(32(52)45(3)37(43)55)50(35(42-30)47-20-16-40-17-21-47)39(34(54)58-6,26-10-8-7-9-11-26)51-31-29(33(53)46(4)38(56)44(31)2)49(36(51)48-22-18-41-19-23-48)24-25-12-14-27(57-5)15-13-25/h7-15,36,40-41H,16-24H2,1-6H3. The Morgan fingerprint density at radius 3 is 2.00 bits per heavy atom. The van der Waals surface area contributed by atoms with Gasteiger partial charge in [-0.25, -0.2) is 14.4 Å². The normalized spacial score (nSPS) is 18.4. The minimum atomic E-state index is -2.19. The van der Waals surface area contributed by atoms with Crippen molar-refractivity contribution < 1.29 is 14.3 Å². The molecule has 58 heavy (non-hydrogen) atoms. The number of ether oxygens (including phenoxy) is 2. The van der Waals surface area contributed by atoms with Crippen molar-refractivity contribution in [2.24, 2.45) is 28.2 Å². The van der Waals surface area contributed by atoms with Crippen LogP contribution in [0.5, 0.6) is 5.75 Å². The first kappa shape index (κ1) is 38.7. The second-order valence-electron chi connectivity index (χ2n) is 14.7. The van der Waals surface area contributed by atoms with Crippen molar-refractivity contribution in [2.45, 2.75) is 18.5 Å². The average Bonchev–Trinajstić information content (AvgIpc) is 3.83. The molecule has 2 saturated heterocycles. The summed E-state index contributed by atoms with van der Waals surface area (Å²) in [4.78, 5) is 85.9. The molecule has 5 aromatic rings. The monoisotopic (exact) mass is 796 g/mol. The molecule has 0 aliphatic carbocycles. The van der Waals surface area contributed by atoms with Gasteiger partial charge in [0.1, 0.15) is 17.3 Å². The number of aromatic nitrogens is 6. The first-order chi connectivity index (χ1) is 28.0. The highest BCUT2D eigenvalue weighted by molar-refractivity contribution is 5.93. The smallest absolute Gasteiger partial charge is 0.358 e. The molecule has 306 valence electrons. The van der Waals surface area contributed by atoms with Gasteiger partial charge in [0.15, 0.2) is 17.5 Å². The zero-order valence-electron chi connectivity index (χ0n) is 33.5. The number of nitrogens with one attached hydrogen (secondary N) is 2. The predicted molar refractivity (Wildman–Crippen MR) is 218 cm³/mol. The van der Waals surface area contributed by atoms with E-state index < -0.39 is 40.4 Å². The maximum atomic E-state index is 15.7. The lowest BCUT2D eigenvalue weighted by Crippen LogP contribution is -2.69. The number of anilines is 3. The number of benzene rings is 2. The van der Waals surface area contributed by atoms with Crippen LogP contribution >= 0.6 is 0 Å². The molecule has 0 radical (unpaired) electrons. The van der Waals surface area contributed by atoms with Crippen molar-refractivity contribution in [1.29, 1.82) is 0 Å². The van der Waals surface area contributed by atoms with Crippen molar-refractivity contribution in [3.8, 4) is 5.75 Å². The van der Waals surface area contributed by atoms with Gasteiger partial charge in [-0.1, -0.05) is 42.5 Å². The quantitative estimate of drug-likeness (QED) is 0.171. The number of rotatable bonds is 9. The van der Waals surface area contributed by atoms with E-state index in [-0.39, 0.29) is 35.2 Å². The van der Waals surface area contributed by atoms with Crippen LogP contribution in [0.25, 0.3) is 11.2 Å². The number of fused-ring (bicyclic) bond motifs is 2. The number of imidazole rings is 1.